The highest BCUT2D eigenvalue weighted by Crippen LogP contribution is 2.33. The average molecular weight is 269 g/mol. The molecule has 0 bridgehead atoms. The van der Waals surface area contributed by atoms with Gasteiger partial charge in [-0.15, -0.1) is 11.8 Å². The van der Waals surface area contributed by atoms with Crippen LogP contribution in [0.1, 0.15) is 13.8 Å². The van der Waals surface area contributed by atoms with E-state index in [2.05, 4.69) is 0 Å². The lowest BCUT2D eigenvalue weighted by Gasteiger charge is -2.21. The van der Waals surface area contributed by atoms with Gasteiger partial charge in [0.25, 0.3) is 0 Å². The van der Waals surface area contributed by atoms with Crippen molar-refractivity contribution in [2.24, 2.45) is 5.92 Å². The van der Waals surface area contributed by atoms with Gasteiger partial charge in [-0.2, -0.15) is 0 Å². The monoisotopic (exact) mass is 269 g/mol. The number of thioether (sulfide) groups is 1. The molecule has 1 aromatic carbocycles. The van der Waals surface area contributed by atoms with Crippen LogP contribution in [0.3, 0.4) is 0 Å². The van der Waals surface area contributed by atoms with Crippen molar-refractivity contribution in [3.8, 4) is 11.5 Å². The average Bonchev–Trinajstić information content (AvgIpc) is 2.34. The van der Waals surface area contributed by atoms with Gasteiger partial charge in [-0.05, 0) is 18.1 Å². The van der Waals surface area contributed by atoms with Gasteiger partial charge in [0.1, 0.15) is 11.5 Å². The van der Waals surface area contributed by atoms with Gasteiger partial charge in [0.15, 0.2) is 0 Å². The molecule has 1 aromatic rings. The van der Waals surface area contributed by atoms with Crippen LogP contribution in [0.2, 0.25) is 0 Å². The molecule has 1 atom stereocenters. The summed E-state index contributed by atoms with van der Waals surface area (Å²) in [4.78, 5) is 11.8. The number of hydrogen-bond acceptors (Lipinski definition) is 5. The zero-order valence-corrected chi connectivity index (χ0v) is 11.7. The number of methoxy groups -OCH3 is 2. The third kappa shape index (κ3) is 3.84. The lowest BCUT2D eigenvalue weighted by atomic mass is 10.1. The Kier molecular flexibility index (Phi) is 5.34. The molecule has 0 unspecified atom stereocenters. The molecule has 18 heavy (non-hydrogen) atoms. The van der Waals surface area contributed by atoms with Crippen molar-refractivity contribution in [2.75, 3.05) is 14.2 Å². The van der Waals surface area contributed by atoms with E-state index in [1.807, 2.05) is 13.8 Å². The summed E-state index contributed by atoms with van der Waals surface area (Å²) in [6.45, 7) is 3.70. The standard InChI is InChI=1S/C13H18O4S/c1-8(2)12(13(14)15)18-11-6-9(16-3)5-10(7-11)17-4/h5-8,12H,1-4H3,(H,14,15)/p-1/t12-/m0/s1. The maximum atomic E-state index is 11.1. The number of carboxylic acids is 1. The predicted molar refractivity (Wildman–Crippen MR) is 69.0 cm³/mol. The van der Waals surface area contributed by atoms with E-state index >= 15 is 0 Å². The number of aliphatic carboxylic acids is 1. The zero-order chi connectivity index (χ0) is 13.7. The summed E-state index contributed by atoms with van der Waals surface area (Å²) in [6, 6.07) is 5.31. The van der Waals surface area contributed by atoms with Crippen LogP contribution in [0.5, 0.6) is 11.5 Å². The first-order valence-corrected chi connectivity index (χ1v) is 6.46. The molecule has 4 nitrogen and oxygen atoms in total. The fourth-order valence-electron chi connectivity index (χ4n) is 1.45. The fourth-order valence-corrected chi connectivity index (χ4v) is 2.48. The molecule has 0 fully saturated rings. The van der Waals surface area contributed by atoms with Gasteiger partial charge < -0.3 is 19.4 Å². The van der Waals surface area contributed by atoms with Crippen molar-refractivity contribution in [2.45, 2.75) is 24.0 Å². The smallest absolute Gasteiger partial charge is 0.123 e. The Morgan fingerprint density at radius 1 is 1.17 bits per heavy atom. The molecule has 0 aromatic heterocycles. The first kappa shape index (κ1) is 14.7. The molecule has 0 radical (unpaired) electrons. The number of carbonyl (C=O) groups is 1. The van der Waals surface area contributed by atoms with Gasteiger partial charge >= 0.3 is 0 Å². The molecule has 5 heteroatoms. The van der Waals surface area contributed by atoms with E-state index in [1.165, 1.54) is 11.8 Å². The van der Waals surface area contributed by atoms with Crippen LogP contribution >= 0.6 is 11.8 Å². The normalized spacial score (nSPS) is 12.3. The van der Waals surface area contributed by atoms with Crippen molar-refractivity contribution in [3.63, 3.8) is 0 Å². The highest BCUT2D eigenvalue weighted by atomic mass is 32.2. The fraction of sp³-hybridized carbons (Fsp3) is 0.462. The first-order valence-electron chi connectivity index (χ1n) is 5.58. The van der Waals surface area contributed by atoms with E-state index in [1.54, 1.807) is 32.4 Å². The van der Waals surface area contributed by atoms with Gasteiger partial charge in [-0.25, -0.2) is 0 Å². The lowest BCUT2D eigenvalue weighted by molar-refractivity contribution is -0.305. The molecule has 0 saturated carbocycles. The molecule has 0 spiro atoms. The lowest BCUT2D eigenvalue weighted by Crippen LogP contribution is -2.36. The van der Waals surface area contributed by atoms with E-state index in [0.29, 0.717) is 11.5 Å². The Labute approximate surface area is 111 Å². The number of carboxylic acid groups (broad SMARTS) is 1. The summed E-state index contributed by atoms with van der Waals surface area (Å²) < 4.78 is 10.3. The summed E-state index contributed by atoms with van der Waals surface area (Å²) in [5, 5.41) is 10.5. The number of rotatable bonds is 6. The Morgan fingerprint density at radius 3 is 2.00 bits per heavy atom. The minimum absolute atomic E-state index is 0.0165. The molecular weight excluding hydrogens is 252 g/mol. The minimum atomic E-state index is -1.06. The maximum absolute atomic E-state index is 11.1. The molecule has 100 valence electrons. The van der Waals surface area contributed by atoms with Crippen molar-refractivity contribution in [1.82, 2.24) is 0 Å². The van der Waals surface area contributed by atoms with Crippen molar-refractivity contribution >= 4 is 17.7 Å². The quantitative estimate of drug-likeness (QED) is 0.734. The van der Waals surface area contributed by atoms with Crippen LogP contribution in [0.15, 0.2) is 23.1 Å². The predicted octanol–water partition coefficient (Wildman–Crippen LogP) is 1.57. The third-order valence-electron chi connectivity index (χ3n) is 2.43. The molecule has 0 N–H and O–H groups in total. The van der Waals surface area contributed by atoms with Crippen molar-refractivity contribution < 1.29 is 19.4 Å². The summed E-state index contributed by atoms with van der Waals surface area (Å²) in [5.74, 6) is 0.199. The van der Waals surface area contributed by atoms with Gasteiger partial charge in [0.05, 0.1) is 25.4 Å². The summed E-state index contributed by atoms with van der Waals surface area (Å²) >= 11 is 1.24. The van der Waals surface area contributed by atoms with Crippen LogP contribution in [0, 0.1) is 5.92 Å². The maximum Gasteiger partial charge on any atom is 0.123 e. The van der Waals surface area contributed by atoms with Crippen LogP contribution in [-0.2, 0) is 4.79 Å². The molecule has 0 saturated heterocycles. The Bertz CT molecular complexity index is 395. The Hall–Kier alpha value is -1.36. The Morgan fingerprint density at radius 2 is 1.67 bits per heavy atom. The number of hydrogen-bond donors (Lipinski definition) is 0. The third-order valence-corrected chi connectivity index (χ3v) is 3.92. The molecule has 1 rings (SSSR count). The number of benzene rings is 1. The largest absolute Gasteiger partial charge is 0.549 e. The topological polar surface area (TPSA) is 58.6 Å². The van der Waals surface area contributed by atoms with E-state index < -0.39 is 11.2 Å². The van der Waals surface area contributed by atoms with E-state index in [4.69, 9.17) is 9.47 Å². The molecule has 0 amide bonds. The van der Waals surface area contributed by atoms with Crippen molar-refractivity contribution in [3.05, 3.63) is 18.2 Å². The van der Waals surface area contributed by atoms with Crippen molar-refractivity contribution in [1.29, 1.82) is 0 Å². The zero-order valence-electron chi connectivity index (χ0n) is 10.9. The number of carbonyl (C=O) groups excluding carboxylic acids is 1. The van der Waals surface area contributed by atoms with Crippen LogP contribution < -0.4 is 14.6 Å². The summed E-state index contributed by atoms with van der Waals surface area (Å²) in [7, 11) is 3.11. The second-order valence-electron chi connectivity index (χ2n) is 4.15. The van der Waals surface area contributed by atoms with E-state index in [0.717, 1.165) is 4.90 Å². The van der Waals surface area contributed by atoms with E-state index in [9.17, 15) is 9.90 Å². The second-order valence-corrected chi connectivity index (χ2v) is 5.36. The Balaban J connectivity index is 2.98. The van der Waals surface area contributed by atoms with Crippen LogP contribution in [0.4, 0.5) is 0 Å². The molecule has 0 aliphatic carbocycles. The number of ether oxygens (including phenoxy) is 2. The second kappa shape index (κ2) is 6.54. The van der Waals surface area contributed by atoms with E-state index in [-0.39, 0.29) is 5.92 Å². The summed E-state index contributed by atoms with van der Waals surface area (Å²) in [5.41, 5.74) is 0. The SMILES string of the molecule is COc1cc(OC)cc(S[C@H](C(=O)[O-])C(C)C)c1. The highest BCUT2D eigenvalue weighted by molar-refractivity contribution is 8.00. The molecular formula is C13H17O4S-. The minimum Gasteiger partial charge on any atom is -0.549 e. The molecule has 0 heterocycles. The van der Waals surface area contributed by atoms with Crippen LogP contribution in [-0.4, -0.2) is 25.4 Å². The van der Waals surface area contributed by atoms with Crippen LogP contribution in [0.25, 0.3) is 0 Å². The highest BCUT2D eigenvalue weighted by Gasteiger charge is 2.17. The van der Waals surface area contributed by atoms with Gasteiger partial charge in [-0.1, -0.05) is 13.8 Å². The summed E-state index contributed by atoms with van der Waals surface area (Å²) in [6.07, 6.45) is 0. The van der Waals surface area contributed by atoms with Gasteiger partial charge in [0, 0.05) is 11.0 Å². The molecule has 0 aliphatic heterocycles. The first-order chi connectivity index (χ1) is 8.47. The van der Waals surface area contributed by atoms with Gasteiger partial charge in [-0.3, -0.25) is 0 Å². The van der Waals surface area contributed by atoms with Gasteiger partial charge in [0.2, 0.25) is 0 Å². The molecule has 0 aliphatic rings.